The van der Waals surface area contributed by atoms with Crippen LogP contribution in [0.5, 0.6) is 0 Å². The molecule has 0 aliphatic heterocycles. The van der Waals surface area contributed by atoms with E-state index in [0.29, 0.717) is 0 Å². The molecule has 2 aliphatic rings. The predicted molar refractivity (Wildman–Crippen MR) is 234 cm³/mol. The van der Waals surface area contributed by atoms with E-state index < -0.39 is 0 Å². The molecular weight excluding hydrogens is 679 g/mol. The summed E-state index contributed by atoms with van der Waals surface area (Å²) in [4.78, 5) is 2.44. The molecule has 0 bridgehead atoms. The van der Waals surface area contributed by atoms with Crippen LogP contribution in [-0.4, -0.2) is 0 Å². The van der Waals surface area contributed by atoms with Gasteiger partial charge in [-0.15, -0.1) is 0 Å². The third kappa shape index (κ3) is 4.75. The van der Waals surface area contributed by atoms with E-state index in [-0.39, 0.29) is 10.8 Å². The summed E-state index contributed by atoms with van der Waals surface area (Å²) in [5.41, 5.74) is 20.4. The third-order valence-corrected chi connectivity index (χ3v) is 12.7. The fourth-order valence-electron chi connectivity index (χ4n) is 9.73. The number of benzene rings is 8. The molecule has 1 aromatic heterocycles. The zero-order valence-corrected chi connectivity index (χ0v) is 32.1. The molecular formula is C54H41NO. The maximum absolute atomic E-state index is 6.48. The third-order valence-electron chi connectivity index (χ3n) is 12.7. The highest BCUT2D eigenvalue weighted by Crippen LogP contribution is 2.54. The van der Waals surface area contributed by atoms with E-state index in [1.54, 1.807) is 0 Å². The Morgan fingerprint density at radius 1 is 0.357 bits per heavy atom. The zero-order valence-electron chi connectivity index (χ0n) is 32.1. The van der Waals surface area contributed by atoms with E-state index in [0.717, 1.165) is 44.6 Å². The summed E-state index contributed by atoms with van der Waals surface area (Å²) in [6, 6.07) is 64.6. The van der Waals surface area contributed by atoms with Crippen molar-refractivity contribution in [3.05, 3.63) is 198 Å². The quantitative estimate of drug-likeness (QED) is 0.176. The number of para-hydroxylation sites is 2. The Labute approximate surface area is 328 Å². The van der Waals surface area contributed by atoms with Crippen molar-refractivity contribution in [3.8, 4) is 44.5 Å². The van der Waals surface area contributed by atoms with Crippen molar-refractivity contribution in [2.24, 2.45) is 0 Å². The van der Waals surface area contributed by atoms with Crippen LogP contribution in [0.1, 0.15) is 49.9 Å². The first-order valence-electron chi connectivity index (χ1n) is 19.7. The van der Waals surface area contributed by atoms with Crippen LogP contribution >= 0.6 is 0 Å². The second-order valence-corrected chi connectivity index (χ2v) is 16.5. The van der Waals surface area contributed by atoms with Crippen molar-refractivity contribution >= 4 is 39.0 Å². The summed E-state index contributed by atoms with van der Waals surface area (Å²) < 4.78 is 6.48. The van der Waals surface area contributed by atoms with Crippen molar-refractivity contribution in [1.82, 2.24) is 0 Å². The summed E-state index contributed by atoms with van der Waals surface area (Å²) in [5.74, 6) is 0. The average molecular weight is 720 g/mol. The number of anilines is 3. The van der Waals surface area contributed by atoms with Gasteiger partial charge in [-0.3, -0.25) is 0 Å². The summed E-state index contributed by atoms with van der Waals surface area (Å²) in [6.07, 6.45) is 0. The van der Waals surface area contributed by atoms with Crippen molar-refractivity contribution < 1.29 is 4.42 Å². The van der Waals surface area contributed by atoms with Crippen molar-refractivity contribution in [2.75, 3.05) is 4.90 Å². The van der Waals surface area contributed by atoms with Crippen LogP contribution in [0.25, 0.3) is 66.4 Å². The molecule has 0 radical (unpaired) electrons. The first-order valence-corrected chi connectivity index (χ1v) is 19.7. The molecule has 2 aliphatic carbocycles. The standard InChI is InChI=1S/C54H41NO/c1-53(2)47-19-10-8-15-41(47)46-32-38(27-30-48(46)53)55(37-24-21-35(22-25-37)34-13-6-5-7-14-34)39-26-29-43-42-28-23-36(31-49(42)54(3,4)50(43)33-39)40-17-12-18-45-44-16-9-11-20-51(44)56-52(40)45/h5-33H,1-4H3. The van der Waals surface area contributed by atoms with Gasteiger partial charge in [-0.1, -0.05) is 155 Å². The van der Waals surface area contributed by atoms with Gasteiger partial charge in [0.25, 0.3) is 0 Å². The van der Waals surface area contributed by atoms with Crippen molar-refractivity contribution in [2.45, 2.75) is 38.5 Å². The summed E-state index contributed by atoms with van der Waals surface area (Å²) in [5, 5.41) is 2.31. The van der Waals surface area contributed by atoms with E-state index in [4.69, 9.17) is 4.42 Å². The Morgan fingerprint density at radius 2 is 0.911 bits per heavy atom. The normalized spacial score (nSPS) is 14.4. The Morgan fingerprint density at radius 3 is 1.75 bits per heavy atom. The first-order chi connectivity index (χ1) is 27.3. The summed E-state index contributed by atoms with van der Waals surface area (Å²) in [7, 11) is 0. The highest BCUT2D eigenvalue weighted by molar-refractivity contribution is 6.09. The smallest absolute Gasteiger partial charge is 0.143 e. The lowest BCUT2D eigenvalue weighted by molar-refractivity contribution is 0.660. The molecule has 8 aromatic carbocycles. The number of hydrogen-bond acceptors (Lipinski definition) is 2. The average Bonchev–Trinajstić information content (AvgIpc) is 3.81. The van der Waals surface area contributed by atoms with Crippen molar-refractivity contribution in [1.29, 1.82) is 0 Å². The molecule has 268 valence electrons. The van der Waals surface area contributed by atoms with E-state index in [1.807, 2.05) is 6.07 Å². The van der Waals surface area contributed by atoms with Gasteiger partial charge in [0, 0.05) is 44.2 Å². The molecule has 0 atom stereocenters. The minimum atomic E-state index is -0.220. The van der Waals surface area contributed by atoms with Gasteiger partial charge in [0.2, 0.25) is 0 Å². The van der Waals surface area contributed by atoms with Gasteiger partial charge in [0.15, 0.2) is 0 Å². The Balaban J connectivity index is 1.04. The van der Waals surface area contributed by atoms with Gasteiger partial charge < -0.3 is 9.32 Å². The number of hydrogen-bond donors (Lipinski definition) is 0. The fraction of sp³-hybridized carbons (Fsp3) is 0.111. The first kappa shape index (κ1) is 32.8. The highest BCUT2D eigenvalue weighted by Gasteiger charge is 2.38. The number of nitrogens with zero attached hydrogens (tertiary/aromatic N) is 1. The van der Waals surface area contributed by atoms with Gasteiger partial charge in [-0.2, -0.15) is 0 Å². The van der Waals surface area contributed by atoms with Gasteiger partial charge in [-0.05, 0) is 110 Å². The zero-order chi connectivity index (χ0) is 37.8. The van der Waals surface area contributed by atoms with Gasteiger partial charge in [-0.25, -0.2) is 0 Å². The Hall–Kier alpha value is -6.64. The van der Waals surface area contributed by atoms with Crippen LogP contribution in [0.2, 0.25) is 0 Å². The number of fused-ring (bicyclic) bond motifs is 9. The molecule has 56 heavy (non-hydrogen) atoms. The minimum Gasteiger partial charge on any atom is -0.455 e. The van der Waals surface area contributed by atoms with Crippen molar-refractivity contribution in [3.63, 3.8) is 0 Å². The Bertz CT molecular complexity index is 3020. The molecule has 0 saturated carbocycles. The lowest BCUT2D eigenvalue weighted by Gasteiger charge is -2.29. The maximum atomic E-state index is 6.48. The second-order valence-electron chi connectivity index (χ2n) is 16.5. The summed E-state index contributed by atoms with van der Waals surface area (Å²) in [6.45, 7) is 9.45. The largest absolute Gasteiger partial charge is 0.455 e. The SMILES string of the molecule is CC1(C)c2ccccc2-c2cc(N(c3ccc(-c4ccccc4)cc3)c3ccc4c(c3)C(C)(C)c3cc(-c5cccc6c5oc5ccccc56)ccc3-4)ccc21. The molecule has 11 rings (SSSR count). The van der Waals surface area contributed by atoms with Gasteiger partial charge >= 0.3 is 0 Å². The molecule has 1 heterocycles. The molecule has 0 amide bonds. The Kier molecular flexibility index (Phi) is 6.98. The number of furan rings is 1. The van der Waals surface area contributed by atoms with E-state index in [9.17, 15) is 0 Å². The number of rotatable bonds is 5. The van der Waals surface area contributed by atoms with Crippen LogP contribution in [0.4, 0.5) is 17.1 Å². The van der Waals surface area contributed by atoms with Crippen LogP contribution in [0, 0.1) is 0 Å². The predicted octanol–water partition coefficient (Wildman–Crippen LogP) is 15.0. The molecule has 2 nitrogen and oxygen atoms in total. The molecule has 0 unspecified atom stereocenters. The molecule has 0 fully saturated rings. The molecule has 9 aromatic rings. The molecule has 0 saturated heterocycles. The highest BCUT2D eigenvalue weighted by atomic mass is 16.3. The maximum Gasteiger partial charge on any atom is 0.143 e. The second kappa shape index (κ2) is 11.9. The van der Waals surface area contributed by atoms with Gasteiger partial charge in [0.1, 0.15) is 11.2 Å². The lowest BCUT2D eigenvalue weighted by Crippen LogP contribution is -2.17. The minimum absolute atomic E-state index is 0.0508. The van der Waals surface area contributed by atoms with E-state index in [2.05, 4.69) is 202 Å². The topological polar surface area (TPSA) is 16.4 Å². The fourth-order valence-corrected chi connectivity index (χ4v) is 9.73. The monoisotopic (exact) mass is 719 g/mol. The molecule has 0 N–H and O–H groups in total. The molecule has 2 heteroatoms. The van der Waals surface area contributed by atoms with Crippen LogP contribution < -0.4 is 4.90 Å². The van der Waals surface area contributed by atoms with Crippen LogP contribution in [-0.2, 0) is 10.8 Å². The van der Waals surface area contributed by atoms with E-state index in [1.165, 1.54) is 61.2 Å². The van der Waals surface area contributed by atoms with Crippen LogP contribution in [0.3, 0.4) is 0 Å². The van der Waals surface area contributed by atoms with E-state index >= 15 is 0 Å². The lowest BCUT2D eigenvalue weighted by atomic mass is 9.81. The van der Waals surface area contributed by atoms with Gasteiger partial charge in [0.05, 0.1) is 0 Å². The van der Waals surface area contributed by atoms with Crippen LogP contribution in [0.15, 0.2) is 180 Å². The molecule has 0 spiro atoms. The summed E-state index contributed by atoms with van der Waals surface area (Å²) >= 11 is 0.